The monoisotopic (exact) mass is 234 g/mol. The molecule has 0 amide bonds. The van der Waals surface area contributed by atoms with Crippen LogP contribution in [0.3, 0.4) is 0 Å². The van der Waals surface area contributed by atoms with Crippen LogP contribution in [0.15, 0.2) is 35.5 Å². The number of hydrogen-bond acceptors (Lipinski definition) is 4. The Morgan fingerprint density at radius 1 is 1.41 bits per heavy atom. The van der Waals surface area contributed by atoms with Crippen LogP contribution in [0, 0.1) is 0 Å². The molecule has 92 valence electrons. The maximum Gasteiger partial charge on any atom is 0.221 e. The molecule has 1 atom stereocenters. The van der Waals surface area contributed by atoms with Gasteiger partial charge in [-0.25, -0.2) is 0 Å². The minimum absolute atomic E-state index is 0.514. The largest absolute Gasteiger partial charge is 0.370 e. The Bertz CT molecular complexity index is 405. The van der Waals surface area contributed by atoms with Crippen LogP contribution in [0.1, 0.15) is 18.9 Å². The Labute approximate surface area is 102 Å². The highest BCUT2D eigenvalue weighted by Gasteiger charge is 2.42. The van der Waals surface area contributed by atoms with E-state index in [1.807, 2.05) is 32.2 Å². The standard InChI is InChI=1S/C13H18N2O2/c1-11-9-13(17-14-11,15(2)16-3)10-12-7-5-4-6-8-12/h4-8H,9-10H2,1-3H3. The average Bonchev–Trinajstić information content (AvgIpc) is 2.72. The van der Waals surface area contributed by atoms with Crippen LogP contribution in [0.5, 0.6) is 0 Å². The van der Waals surface area contributed by atoms with Crippen LogP contribution < -0.4 is 0 Å². The molecular weight excluding hydrogens is 216 g/mol. The predicted molar refractivity (Wildman–Crippen MR) is 66.5 cm³/mol. The number of likely N-dealkylation sites (N-methyl/N-ethyl adjacent to an activating group) is 1. The summed E-state index contributed by atoms with van der Waals surface area (Å²) in [6.45, 7) is 1.97. The number of hydroxylamine groups is 2. The van der Waals surface area contributed by atoms with Gasteiger partial charge in [0.25, 0.3) is 0 Å². The summed E-state index contributed by atoms with van der Waals surface area (Å²) in [5.74, 6) is 0. The van der Waals surface area contributed by atoms with Crippen molar-refractivity contribution in [1.29, 1.82) is 0 Å². The molecule has 0 spiro atoms. The van der Waals surface area contributed by atoms with Crippen LogP contribution in [0.25, 0.3) is 0 Å². The highest BCUT2D eigenvalue weighted by atomic mass is 16.8. The fourth-order valence-corrected chi connectivity index (χ4v) is 2.08. The predicted octanol–water partition coefficient (Wildman–Crippen LogP) is 2.21. The molecule has 1 aromatic carbocycles. The van der Waals surface area contributed by atoms with Gasteiger partial charge in [-0.2, -0.15) is 0 Å². The van der Waals surface area contributed by atoms with Crippen molar-refractivity contribution in [2.75, 3.05) is 14.2 Å². The number of oxime groups is 1. The molecule has 0 aliphatic carbocycles. The third kappa shape index (κ3) is 2.48. The Balaban J connectivity index is 2.18. The molecule has 4 heteroatoms. The van der Waals surface area contributed by atoms with E-state index in [1.54, 1.807) is 12.2 Å². The lowest BCUT2D eigenvalue weighted by Crippen LogP contribution is -2.47. The molecule has 0 radical (unpaired) electrons. The highest BCUT2D eigenvalue weighted by Crippen LogP contribution is 2.30. The van der Waals surface area contributed by atoms with Crippen LogP contribution in [-0.4, -0.2) is 30.7 Å². The Morgan fingerprint density at radius 3 is 2.65 bits per heavy atom. The maximum atomic E-state index is 5.60. The topological polar surface area (TPSA) is 34.1 Å². The Morgan fingerprint density at radius 2 is 2.12 bits per heavy atom. The van der Waals surface area contributed by atoms with Crippen molar-refractivity contribution >= 4 is 5.71 Å². The van der Waals surface area contributed by atoms with Gasteiger partial charge in [-0.15, -0.1) is 5.06 Å². The molecule has 1 aliphatic heterocycles. The Kier molecular flexibility index (Phi) is 3.45. The number of hydrogen-bond donors (Lipinski definition) is 0. The zero-order chi connectivity index (χ0) is 12.3. The summed E-state index contributed by atoms with van der Waals surface area (Å²) >= 11 is 0. The lowest BCUT2D eigenvalue weighted by Gasteiger charge is -2.34. The Hall–Kier alpha value is -1.39. The highest BCUT2D eigenvalue weighted by molar-refractivity contribution is 5.83. The summed E-state index contributed by atoms with van der Waals surface area (Å²) in [7, 11) is 3.51. The van der Waals surface area contributed by atoms with E-state index >= 15 is 0 Å². The zero-order valence-electron chi connectivity index (χ0n) is 10.5. The second kappa shape index (κ2) is 4.85. The van der Waals surface area contributed by atoms with Crippen molar-refractivity contribution in [3.8, 4) is 0 Å². The molecule has 4 nitrogen and oxygen atoms in total. The molecule has 17 heavy (non-hydrogen) atoms. The second-order valence-electron chi connectivity index (χ2n) is 4.38. The molecule has 1 aromatic rings. The van der Waals surface area contributed by atoms with Gasteiger partial charge in [0.15, 0.2) is 0 Å². The quantitative estimate of drug-likeness (QED) is 0.749. The summed E-state index contributed by atoms with van der Waals surface area (Å²) in [6.07, 6.45) is 1.51. The summed E-state index contributed by atoms with van der Waals surface area (Å²) in [6, 6.07) is 10.2. The molecule has 0 bridgehead atoms. The van der Waals surface area contributed by atoms with Crippen molar-refractivity contribution in [2.45, 2.75) is 25.5 Å². The van der Waals surface area contributed by atoms with Gasteiger partial charge in [-0.3, -0.25) is 4.84 Å². The average molecular weight is 234 g/mol. The number of nitrogens with zero attached hydrogens (tertiary/aromatic N) is 2. The normalized spacial score (nSPS) is 23.6. The van der Waals surface area contributed by atoms with Crippen molar-refractivity contribution in [3.05, 3.63) is 35.9 Å². The zero-order valence-corrected chi connectivity index (χ0v) is 10.5. The van der Waals surface area contributed by atoms with Crippen LogP contribution >= 0.6 is 0 Å². The molecule has 0 N–H and O–H groups in total. The third-order valence-corrected chi connectivity index (χ3v) is 3.07. The molecule has 2 rings (SSSR count). The molecule has 1 unspecified atom stereocenters. The molecule has 1 aliphatic rings. The van der Waals surface area contributed by atoms with Crippen molar-refractivity contribution in [2.24, 2.45) is 5.16 Å². The van der Waals surface area contributed by atoms with Gasteiger partial charge in [-0.1, -0.05) is 35.5 Å². The first-order valence-corrected chi connectivity index (χ1v) is 5.70. The maximum absolute atomic E-state index is 5.60. The van der Waals surface area contributed by atoms with Crippen molar-refractivity contribution < 1.29 is 9.68 Å². The van der Waals surface area contributed by atoms with E-state index in [0.717, 1.165) is 18.6 Å². The fourth-order valence-electron chi connectivity index (χ4n) is 2.08. The SMILES string of the molecule is CON(C)C1(Cc2ccccc2)CC(C)=NO1. The minimum Gasteiger partial charge on any atom is -0.370 e. The third-order valence-electron chi connectivity index (χ3n) is 3.07. The summed E-state index contributed by atoms with van der Waals surface area (Å²) < 4.78 is 0. The van der Waals surface area contributed by atoms with E-state index in [9.17, 15) is 0 Å². The van der Waals surface area contributed by atoms with Gasteiger partial charge in [0.1, 0.15) is 0 Å². The summed E-state index contributed by atoms with van der Waals surface area (Å²) in [4.78, 5) is 10.9. The van der Waals surface area contributed by atoms with E-state index in [4.69, 9.17) is 9.68 Å². The molecule has 0 fully saturated rings. The van der Waals surface area contributed by atoms with Crippen molar-refractivity contribution in [3.63, 3.8) is 0 Å². The van der Waals surface area contributed by atoms with E-state index in [1.165, 1.54) is 5.56 Å². The first kappa shape index (κ1) is 12.1. The first-order valence-electron chi connectivity index (χ1n) is 5.70. The van der Waals surface area contributed by atoms with E-state index < -0.39 is 5.72 Å². The van der Waals surface area contributed by atoms with E-state index in [-0.39, 0.29) is 0 Å². The molecule has 0 aromatic heterocycles. The first-order chi connectivity index (χ1) is 8.16. The number of rotatable bonds is 4. The number of benzene rings is 1. The summed E-state index contributed by atoms with van der Waals surface area (Å²) in [5, 5.41) is 5.79. The second-order valence-corrected chi connectivity index (χ2v) is 4.38. The molecule has 1 heterocycles. The lowest BCUT2D eigenvalue weighted by molar-refractivity contribution is -0.274. The van der Waals surface area contributed by atoms with E-state index in [0.29, 0.717) is 0 Å². The molecule has 0 saturated heterocycles. The van der Waals surface area contributed by atoms with Gasteiger partial charge >= 0.3 is 0 Å². The van der Waals surface area contributed by atoms with Crippen LogP contribution in [-0.2, 0) is 16.1 Å². The van der Waals surface area contributed by atoms with E-state index in [2.05, 4.69) is 17.3 Å². The van der Waals surface area contributed by atoms with Crippen molar-refractivity contribution in [1.82, 2.24) is 5.06 Å². The smallest absolute Gasteiger partial charge is 0.221 e. The van der Waals surface area contributed by atoms with Crippen LogP contribution in [0.2, 0.25) is 0 Å². The fraction of sp³-hybridized carbons (Fsp3) is 0.462. The molecular formula is C13H18N2O2. The summed E-state index contributed by atoms with van der Waals surface area (Å²) in [5.41, 5.74) is 1.69. The van der Waals surface area contributed by atoms with Crippen LogP contribution in [0.4, 0.5) is 0 Å². The lowest BCUT2D eigenvalue weighted by atomic mass is 9.98. The molecule has 0 saturated carbocycles. The van der Waals surface area contributed by atoms with Gasteiger partial charge in [-0.05, 0) is 12.5 Å². The van der Waals surface area contributed by atoms with Gasteiger partial charge in [0.05, 0.1) is 12.8 Å². The minimum atomic E-state index is -0.514. The van der Waals surface area contributed by atoms with Gasteiger partial charge in [0.2, 0.25) is 5.72 Å². The van der Waals surface area contributed by atoms with Gasteiger partial charge in [0, 0.05) is 19.9 Å². The van der Waals surface area contributed by atoms with Gasteiger partial charge < -0.3 is 4.84 Å².